The first-order valence-electron chi connectivity index (χ1n) is 13.8. The fourth-order valence-corrected chi connectivity index (χ4v) is 5.20. The summed E-state index contributed by atoms with van der Waals surface area (Å²) in [6.07, 6.45) is 2.59. The number of carbonyl (C=O) groups excluding carboxylic acids is 2. The third-order valence-electron chi connectivity index (χ3n) is 6.65. The van der Waals surface area contributed by atoms with Crippen molar-refractivity contribution in [1.29, 1.82) is 0 Å². The molecule has 0 radical (unpaired) electrons. The first-order valence-corrected chi connectivity index (χ1v) is 14.6. The van der Waals surface area contributed by atoms with Gasteiger partial charge in [0.1, 0.15) is 17.1 Å². The van der Waals surface area contributed by atoms with Crippen LogP contribution in [0.25, 0.3) is 10.2 Å². The van der Waals surface area contributed by atoms with Gasteiger partial charge in [0.15, 0.2) is 0 Å². The van der Waals surface area contributed by atoms with Gasteiger partial charge in [0.2, 0.25) is 0 Å². The standard InChI is InChI=1S/C18H17N3O4S.C11H24O.C2H6/c1-9-20-12-6-7-14(25-3)15(16(12)26-9)18(23)21-13-8-10(24-2)4-5-11(13)17(19)22;1-6-10(3)11(4)7-9(2)8-12-5;1-2/h4-8H,1-3H3,(H2,19,22)(H,21,23);9-11H,6-8H2,1-5H3;1-2H3. The molecule has 0 fully saturated rings. The molecule has 2 aromatic carbocycles. The highest BCUT2D eigenvalue weighted by molar-refractivity contribution is 7.19. The van der Waals surface area contributed by atoms with Crippen molar-refractivity contribution in [2.24, 2.45) is 23.5 Å². The highest BCUT2D eigenvalue weighted by Gasteiger charge is 2.21. The van der Waals surface area contributed by atoms with Crippen LogP contribution in [-0.2, 0) is 4.74 Å². The van der Waals surface area contributed by atoms with Crippen molar-refractivity contribution in [2.75, 3.05) is 33.3 Å². The number of hydrogen-bond acceptors (Lipinski definition) is 7. The lowest BCUT2D eigenvalue weighted by Crippen LogP contribution is -2.19. The molecule has 3 aromatic rings. The second-order valence-corrected chi connectivity index (χ2v) is 10.8. The Hall–Kier alpha value is -3.17. The second-order valence-electron chi connectivity index (χ2n) is 9.61. The van der Waals surface area contributed by atoms with E-state index in [1.54, 1.807) is 31.4 Å². The van der Waals surface area contributed by atoms with Crippen LogP contribution in [0.5, 0.6) is 11.5 Å². The van der Waals surface area contributed by atoms with Crippen molar-refractivity contribution >= 4 is 39.1 Å². The molecule has 222 valence electrons. The summed E-state index contributed by atoms with van der Waals surface area (Å²) in [6, 6.07) is 8.14. The number of anilines is 1. The van der Waals surface area contributed by atoms with Gasteiger partial charge in [0.05, 0.1) is 40.7 Å². The van der Waals surface area contributed by atoms with Gasteiger partial charge in [-0.05, 0) is 55.4 Å². The van der Waals surface area contributed by atoms with E-state index in [9.17, 15) is 9.59 Å². The van der Waals surface area contributed by atoms with E-state index in [-0.39, 0.29) is 11.3 Å². The number of ether oxygens (including phenoxy) is 3. The van der Waals surface area contributed by atoms with Crippen LogP contribution in [0.1, 0.15) is 80.1 Å². The second kappa shape index (κ2) is 17.5. The number of thiazole rings is 1. The van der Waals surface area contributed by atoms with Crippen LogP contribution < -0.4 is 20.5 Å². The number of primary amides is 1. The van der Waals surface area contributed by atoms with Gasteiger partial charge in [-0.1, -0.05) is 48.0 Å². The monoisotopic (exact) mass is 573 g/mol. The quantitative estimate of drug-likeness (QED) is 0.248. The van der Waals surface area contributed by atoms with Gasteiger partial charge >= 0.3 is 0 Å². The highest BCUT2D eigenvalue weighted by atomic mass is 32.1. The molecule has 3 unspecified atom stereocenters. The van der Waals surface area contributed by atoms with Crippen LogP contribution >= 0.6 is 11.3 Å². The van der Waals surface area contributed by atoms with E-state index in [0.717, 1.165) is 23.5 Å². The van der Waals surface area contributed by atoms with E-state index >= 15 is 0 Å². The average molecular weight is 574 g/mol. The van der Waals surface area contributed by atoms with Crippen LogP contribution in [0.2, 0.25) is 0 Å². The summed E-state index contributed by atoms with van der Waals surface area (Å²) >= 11 is 1.40. The maximum absolute atomic E-state index is 13.0. The Morgan fingerprint density at radius 2 is 1.70 bits per heavy atom. The van der Waals surface area contributed by atoms with Gasteiger partial charge in [-0.3, -0.25) is 9.59 Å². The summed E-state index contributed by atoms with van der Waals surface area (Å²) in [5, 5.41) is 3.57. The van der Waals surface area contributed by atoms with Crippen molar-refractivity contribution in [1.82, 2.24) is 4.98 Å². The molecule has 1 aromatic heterocycles. The number of aryl methyl sites for hydroxylation is 1. The molecule has 0 aliphatic rings. The van der Waals surface area contributed by atoms with Crippen molar-refractivity contribution in [3.05, 3.63) is 46.5 Å². The average Bonchev–Trinajstić information content (AvgIpc) is 3.33. The molecule has 8 nitrogen and oxygen atoms in total. The first-order chi connectivity index (χ1) is 19.1. The van der Waals surface area contributed by atoms with Gasteiger partial charge in [-0.25, -0.2) is 4.98 Å². The Balaban J connectivity index is 0.000000484. The van der Waals surface area contributed by atoms with Crippen LogP contribution in [0.15, 0.2) is 30.3 Å². The van der Waals surface area contributed by atoms with E-state index in [1.807, 2.05) is 20.8 Å². The molecule has 40 heavy (non-hydrogen) atoms. The maximum Gasteiger partial charge on any atom is 0.260 e. The molecular weight excluding hydrogens is 526 g/mol. The summed E-state index contributed by atoms with van der Waals surface area (Å²) in [7, 11) is 4.77. The molecule has 1 heterocycles. The molecule has 0 saturated carbocycles. The topological polar surface area (TPSA) is 113 Å². The van der Waals surface area contributed by atoms with Crippen molar-refractivity contribution in [2.45, 2.75) is 61.3 Å². The molecule has 3 N–H and O–H groups in total. The molecule has 3 rings (SSSR count). The number of nitrogens with two attached hydrogens (primary N) is 1. The Morgan fingerprint density at radius 3 is 2.25 bits per heavy atom. The van der Waals surface area contributed by atoms with E-state index in [2.05, 4.69) is 38.0 Å². The molecule has 0 spiro atoms. The molecule has 3 atom stereocenters. The third-order valence-corrected chi connectivity index (χ3v) is 7.66. The SMILES string of the molecule is CC.CCC(C)C(C)CC(C)COC.COc1ccc(C(N)=O)c(NC(=O)c2c(OC)ccc3nc(C)sc23)c1. The lowest BCUT2D eigenvalue weighted by molar-refractivity contribution is 0.100. The molecule has 9 heteroatoms. The van der Waals surface area contributed by atoms with Crippen LogP contribution in [0.4, 0.5) is 5.69 Å². The number of fused-ring (bicyclic) bond motifs is 1. The zero-order valence-electron chi connectivity index (χ0n) is 25.7. The summed E-state index contributed by atoms with van der Waals surface area (Å²) in [6.45, 7) is 16.0. The molecule has 0 aliphatic carbocycles. The van der Waals surface area contributed by atoms with Crippen LogP contribution in [-0.4, -0.2) is 44.7 Å². The number of nitrogens with zero attached hydrogens (tertiary/aromatic N) is 1. The number of rotatable bonds is 11. The van der Waals surface area contributed by atoms with Crippen LogP contribution in [0.3, 0.4) is 0 Å². The number of hydrogen-bond donors (Lipinski definition) is 2. The zero-order valence-corrected chi connectivity index (χ0v) is 26.5. The largest absolute Gasteiger partial charge is 0.497 e. The Morgan fingerprint density at radius 1 is 1.02 bits per heavy atom. The third kappa shape index (κ3) is 9.78. The van der Waals surface area contributed by atoms with Gasteiger partial charge in [0.25, 0.3) is 11.8 Å². The van der Waals surface area contributed by atoms with Gasteiger partial charge < -0.3 is 25.3 Å². The molecule has 0 bridgehead atoms. The minimum Gasteiger partial charge on any atom is -0.497 e. The predicted octanol–water partition coefficient (Wildman–Crippen LogP) is 7.34. The number of aromatic nitrogens is 1. The molecule has 0 aliphatic heterocycles. The number of benzene rings is 2. The van der Waals surface area contributed by atoms with Crippen molar-refractivity contribution in [3.63, 3.8) is 0 Å². The summed E-state index contributed by atoms with van der Waals surface area (Å²) in [5.74, 6) is 2.23. The molecule has 0 saturated heterocycles. The van der Waals surface area contributed by atoms with Gasteiger partial charge in [-0.2, -0.15) is 0 Å². The fraction of sp³-hybridized carbons (Fsp3) is 0.516. The van der Waals surface area contributed by atoms with Crippen LogP contribution in [0, 0.1) is 24.7 Å². The summed E-state index contributed by atoms with van der Waals surface area (Å²) < 4.78 is 16.3. The lowest BCUT2D eigenvalue weighted by Gasteiger charge is -2.21. The smallest absolute Gasteiger partial charge is 0.260 e. The highest BCUT2D eigenvalue weighted by Crippen LogP contribution is 2.33. The van der Waals surface area contributed by atoms with E-state index in [0.29, 0.717) is 33.2 Å². The zero-order chi connectivity index (χ0) is 30.4. The number of amides is 2. The number of carbonyl (C=O) groups is 2. The molecular formula is C31H47N3O5S. The maximum atomic E-state index is 13.0. The minimum absolute atomic E-state index is 0.186. The Kier molecular flexibility index (Phi) is 15.3. The van der Waals surface area contributed by atoms with E-state index in [4.69, 9.17) is 19.9 Å². The Labute approximate surface area is 243 Å². The molecule has 2 amide bonds. The normalized spacial score (nSPS) is 12.7. The Bertz CT molecular complexity index is 1230. The lowest BCUT2D eigenvalue weighted by atomic mass is 9.86. The predicted molar refractivity (Wildman–Crippen MR) is 166 cm³/mol. The van der Waals surface area contributed by atoms with Crippen molar-refractivity contribution in [3.8, 4) is 11.5 Å². The fourth-order valence-electron chi connectivity index (χ4n) is 4.25. The first kappa shape index (κ1) is 34.9. The van der Waals surface area contributed by atoms with E-state index < -0.39 is 11.8 Å². The van der Waals surface area contributed by atoms with E-state index in [1.165, 1.54) is 44.5 Å². The summed E-state index contributed by atoms with van der Waals surface area (Å²) in [4.78, 5) is 29.1. The number of methoxy groups -OCH3 is 3. The van der Waals surface area contributed by atoms with Gasteiger partial charge in [-0.15, -0.1) is 11.3 Å². The number of nitrogens with one attached hydrogen (secondary N) is 1. The van der Waals surface area contributed by atoms with Gasteiger partial charge in [0, 0.05) is 19.8 Å². The summed E-state index contributed by atoms with van der Waals surface area (Å²) in [5.41, 5.74) is 6.92. The minimum atomic E-state index is -0.651. The van der Waals surface area contributed by atoms with Crippen molar-refractivity contribution < 1.29 is 23.8 Å².